The van der Waals surface area contributed by atoms with E-state index in [1.165, 1.54) is 6.07 Å². The van der Waals surface area contributed by atoms with Crippen LogP contribution in [0.25, 0.3) is 0 Å². The molecule has 8 nitrogen and oxygen atoms in total. The highest BCUT2D eigenvalue weighted by Gasteiger charge is 2.48. The number of halogens is 1. The summed E-state index contributed by atoms with van der Waals surface area (Å²) in [6.45, 7) is 7.79. The Balaban J connectivity index is 1.32. The lowest BCUT2D eigenvalue weighted by molar-refractivity contribution is -0.143. The summed E-state index contributed by atoms with van der Waals surface area (Å²) in [7, 11) is 0. The van der Waals surface area contributed by atoms with Crippen LogP contribution in [0, 0.1) is 18.7 Å². The lowest BCUT2D eigenvalue weighted by Gasteiger charge is -2.35. The van der Waals surface area contributed by atoms with Gasteiger partial charge in [0, 0.05) is 55.3 Å². The molecule has 1 saturated heterocycles. The van der Waals surface area contributed by atoms with Crippen molar-refractivity contribution in [3.63, 3.8) is 0 Å². The van der Waals surface area contributed by atoms with Gasteiger partial charge in [0.25, 0.3) is 5.91 Å². The highest BCUT2D eigenvalue weighted by molar-refractivity contribution is 5.98. The molecule has 0 aliphatic carbocycles. The van der Waals surface area contributed by atoms with Crippen LogP contribution >= 0.6 is 0 Å². The van der Waals surface area contributed by atoms with Gasteiger partial charge in [-0.1, -0.05) is 57.0 Å². The number of ether oxygens (including phenoxy) is 1. The molecule has 3 aliphatic heterocycles. The number of hydrogen-bond acceptors (Lipinski definition) is 5. The van der Waals surface area contributed by atoms with Crippen molar-refractivity contribution in [2.75, 3.05) is 31.1 Å². The largest absolute Gasteiger partial charge is 0.493 e. The Morgan fingerprint density at radius 1 is 1.04 bits per heavy atom. The topological polar surface area (TPSA) is 90.4 Å². The van der Waals surface area contributed by atoms with Gasteiger partial charge >= 0.3 is 5.97 Å². The van der Waals surface area contributed by atoms with Crippen LogP contribution in [0.15, 0.2) is 60.7 Å². The van der Waals surface area contributed by atoms with E-state index in [9.17, 15) is 23.9 Å². The lowest BCUT2D eigenvalue weighted by Crippen LogP contribution is -2.48. The number of carbonyl (C=O) groups is 3. The zero-order valence-electron chi connectivity index (χ0n) is 28.2. The predicted octanol–water partition coefficient (Wildman–Crippen LogP) is 6.59. The molecule has 0 aromatic heterocycles. The van der Waals surface area contributed by atoms with Crippen LogP contribution in [0.5, 0.6) is 5.75 Å². The quantitative estimate of drug-likeness (QED) is 0.224. The molecular weight excluding hydrogens is 609 g/mol. The molecule has 3 aromatic carbocycles. The van der Waals surface area contributed by atoms with E-state index in [1.807, 2.05) is 46.2 Å². The molecule has 3 aromatic rings. The zero-order valence-corrected chi connectivity index (χ0v) is 28.2. The van der Waals surface area contributed by atoms with E-state index < -0.39 is 17.9 Å². The number of aliphatic carboxylic acids is 1. The first-order valence-electron chi connectivity index (χ1n) is 17.4. The third-order valence-corrected chi connectivity index (χ3v) is 10.4. The molecule has 6 rings (SSSR count). The fourth-order valence-corrected chi connectivity index (χ4v) is 8.07. The summed E-state index contributed by atoms with van der Waals surface area (Å²) in [6.07, 6.45) is 4.57. The predicted molar refractivity (Wildman–Crippen MR) is 183 cm³/mol. The van der Waals surface area contributed by atoms with E-state index >= 15 is 0 Å². The minimum absolute atomic E-state index is 0.0214. The fraction of sp³-hybridized carbons (Fsp3) is 0.462. The van der Waals surface area contributed by atoms with Gasteiger partial charge in [0.05, 0.1) is 19.1 Å². The number of carbonyl (C=O) groups excluding carboxylic acids is 2. The number of hydrogen-bond donors (Lipinski definition) is 1. The summed E-state index contributed by atoms with van der Waals surface area (Å²) >= 11 is 0. The third kappa shape index (κ3) is 6.70. The van der Waals surface area contributed by atoms with Gasteiger partial charge in [-0.2, -0.15) is 0 Å². The number of rotatable bonds is 13. The Morgan fingerprint density at radius 2 is 1.81 bits per heavy atom. The monoisotopic (exact) mass is 655 g/mol. The number of likely N-dealkylation sites (tertiary alicyclic amines) is 1. The number of carboxylic acid groups (broad SMARTS) is 1. The highest BCUT2D eigenvalue weighted by Crippen LogP contribution is 2.41. The van der Waals surface area contributed by atoms with E-state index in [2.05, 4.69) is 19.9 Å². The smallest absolute Gasteiger partial charge is 0.308 e. The normalized spacial score (nSPS) is 20.2. The van der Waals surface area contributed by atoms with Crippen molar-refractivity contribution in [1.29, 1.82) is 0 Å². The van der Waals surface area contributed by atoms with Crippen molar-refractivity contribution in [2.45, 2.75) is 83.8 Å². The molecule has 3 atom stereocenters. The number of amides is 2. The van der Waals surface area contributed by atoms with Crippen molar-refractivity contribution in [2.24, 2.45) is 5.92 Å². The van der Waals surface area contributed by atoms with Gasteiger partial charge in [0.1, 0.15) is 11.6 Å². The van der Waals surface area contributed by atoms with Gasteiger partial charge in [0.15, 0.2) is 0 Å². The van der Waals surface area contributed by atoms with Gasteiger partial charge in [0.2, 0.25) is 5.91 Å². The highest BCUT2D eigenvalue weighted by atomic mass is 19.1. The van der Waals surface area contributed by atoms with Crippen molar-refractivity contribution >= 4 is 23.5 Å². The number of nitrogens with zero attached hydrogens (tertiary/aromatic N) is 3. The second-order valence-corrected chi connectivity index (χ2v) is 13.5. The van der Waals surface area contributed by atoms with Crippen LogP contribution < -0.4 is 9.64 Å². The van der Waals surface area contributed by atoms with Crippen molar-refractivity contribution in [1.82, 2.24) is 9.80 Å². The van der Waals surface area contributed by atoms with Crippen LogP contribution in [0.4, 0.5) is 10.1 Å². The molecule has 3 aliphatic rings. The summed E-state index contributed by atoms with van der Waals surface area (Å²) in [6, 6.07) is 17.8. The fourth-order valence-electron chi connectivity index (χ4n) is 8.07. The average molecular weight is 656 g/mol. The molecule has 0 radical (unpaired) electrons. The number of benzene rings is 3. The number of carboxylic acids is 1. The molecule has 1 N–H and O–H groups in total. The minimum Gasteiger partial charge on any atom is -0.493 e. The number of fused-ring (bicyclic) bond motifs is 2. The Labute approximate surface area is 282 Å². The molecule has 0 saturated carbocycles. The minimum atomic E-state index is -0.909. The molecule has 1 fully saturated rings. The standard InChI is InChI=1S/C39H46FN3O5/c1-4-8-29(9-5-2)43(30-13-14-33(40)25(3)20-30)36(44)24-42-23-32(26-12-15-35-27(21-26)17-19-48-35)37(39(46)47)34(42)16-18-41-22-28-10-6-7-11-31(28)38(41)45/h6-7,10-15,20-21,29,32,34,37H,4-5,8-9,16-19,22-24H2,1-3H3,(H,46,47)/t32-,34+,37-/m1/s1. The second kappa shape index (κ2) is 14.5. The number of aryl methyl sites for hydroxylation is 1. The van der Waals surface area contributed by atoms with Crippen molar-refractivity contribution < 1.29 is 28.6 Å². The van der Waals surface area contributed by atoms with E-state index in [0.717, 1.165) is 54.5 Å². The first kappa shape index (κ1) is 33.7. The van der Waals surface area contributed by atoms with Gasteiger partial charge < -0.3 is 19.6 Å². The molecule has 0 unspecified atom stereocenters. The number of anilines is 1. The first-order valence-corrected chi connectivity index (χ1v) is 17.4. The molecule has 9 heteroatoms. The van der Waals surface area contributed by atoms with Crippen molar-refractivity contribution in [3.8, 4) is 5.75 Å². The first-order chi connectivity index (χ1) is 23.2. The van der Waals surface area contributed by atoms with Gasteiger partial charge in [-0.15, -0.1) is 0 Å². The maximum Gasteiger partial charge on any atom is 0.308 e. The molecule has 0 spiro atoms. The van der Waals surface area contributed by atoms with Gasteiger partial charge in [-0.05, 0) is 78.8 Å². The van der Waals surface area contributed by atoms with Crippen LogP contribution in [0.3, 0.4) is 0 Å². The van der Waals surface area contributed by atoms with Crippen LogP contribution in [0.2, 0.25) is 0 Å². The van der Waals surface area contributed by atoms with Crippen LogP contribution in [-0.4, -0.2) is 71.0 Å². The molecule has 0 bridgehead atoms. The molecule has 3 heterocycles. The third-order valence-electron chi connectivity index (χ3n) is 10.4. The summed E-state index contributed by atoms with van der Waals surface area (Å²) in [5, 5.41) is 10.8. The van der Waals surface area contributed by atoms with Crippen LogP contribution in [-0.2, 0) is 22.6 Å². The molecule has 2 amide bonds. The maximum atomic E-state index is 14.5. The maximum absolute atomic E-state index is 14.5. The van der Waals surface area contributed by atoms with Gasteiger partial charge in [-0.3, -0.25) is 19.3 Å². The Kier molecular flexibility index (Phi) is 10.2. The van der Waals surface area contributed by atoms with E-state index in [1.54, 1.807) is 24.0 Å². The van der Waals surface area contributed by atoms with Crippen molar-refractivity contribution in [3.05, 3.63) is 94.3 Å². The molecule has 48 heavy (non-hydrogen) atoms. The van der Waals surface area contributed by atoms with Crippen LogP contribution in [0.1, 0.15) is 84.5 Å². The van der Waals surface area contributed by atoms with Gasteiger partial charge in [-0.25, -0.2) is 4.39 Å². The zero-order chi connectivity index (χ0) is 33.9. The SMILES string of the molecule is CCCC(CCC)N(C(=O)CN1C[C@H](c2ccc3c(c2)CCO3)[C@@H](C(=O)O)[C@@H]1CCN1Cc2ccccc2C1=O)c1ccc(F)c(C)c1. The summed E-state index contributed by atoms with van der Waals surface area (Å²) in [4.78, 5) is 46.6. The summed E-state index contributed by atoms with van der Waals surface area (Å²) in [5.41, 5.74) is 4.79. The molecule has 254 valence electrons. The second-order valence-electron chi connectivity index (χ2n) is 13.5. The molecular formula is C39H46FN3O5. The summed E-state index contributed by atoms with van der Waals surface area (Å²) < 4.78 is 20.1. The Hall–Kier alpha value is -4.24. The Bertz CT molecular complexity index is 1670. The van der Waals surface area contributed by atoms with E-state index in [4.69, 9.17) is 4.74 Å². The summed E-state index contributed by atoms with van der Waals surface area (Å²) in [5.74, 6) is -1.69. The lowest BCUT2D eigenvalue weighted by atomic mass is 9.83. The van der Waals surface area contributed by atoms with E-state index in [-0.39, 0.29) is 36.1 Å². The van der Waals surface area contributed by atoms with E-state index in [0.29, 0.717) is 49.5 Å². The Morgan fingerprint density at radius 3 is 2.52 bits per heavy atom. The average Bonchev–Trinajstić information content (AvgIpc) is 3.77.